The van der Waals surface area contributed by atoms with E-state index in [-0.39, 0.29) is 5.69 Å². The first-order chi connectivity index (χ1) is 10.2. The van der Waals surface area contributed by atoms with Gasteiger partial charge in [-0.05, 0) is 36.4 Å². The molecule has 0 bridgehead atoms. The lowest BCUT2D eigenvalue weighted by atomic mass is 10.3. The van der Waals surface area contributed by atoms with Crippen LogP contribution < -0.4 is 15.8 Å². The first-order valence-electron chi connectivity index (χ1n) is 6.35. The van der Waals surface area contributed by atoms with Crippen LogP contribution in [0.2, 0.25) is 0 Å². The van der Waals surface area contributed by atoms with Gasteiger partial charge in [-0.2, -0.15) is 0 Å². The quantitative estimate of drug-likeness (QED) is 0.774. The molecule has 1 aromatic carbocycles. The highest BCUT2D eigenvalue weighted by molar-refractivity contribution is 5.87. The Bertz CT molecular complexity index is 584. The van der Waals surface area contributed by atoms with Crippen molar-refractivity contribution < 1.29 is 14.3 Å². The first-order valence-corrected chi connectivity index (χ1v) is 6.35. The maximum Gasteiger partial charge on any atom is 0.358 e. The Kier molecular flexibility index (Phi) is 5.05. The van der Waals surface area contributed by atoms with Gasteiger partial charge in [0.25, 0.3) is 0 Å². The maximum atomic E-state index is 11.2. The average Bonchev–Trinajstić information content (AvgIpc) is 2.54. The van der Waals surface area contributed by atoms with Crippen LogP contribution in [0.1, 0.15) is 10.5 Å². The SMILES string of the molecule is COC(=O)c1ccc(Nc2ccc(OCCN)cc2)nn1. The Morgan fingerprint density at radius 2 is 1.95 bits per heavy atom. The third-order valence-electron chi connectivity index (χ3n) is 2.57. The van der Waals surface area contributed by atoms with Gasteiger partial charge in [0, 0.05) is 12.2 Å². The summed E-state index contributed by atoms with van der Waals surface area (Å²) >= 11 is 0. The molecule has 0 aliphatic heterocycles. The van der Waals surface area contributed by atoms with Crippen LogP contribution in [0.15, 0.2) is 36.4 Å². The Morgan fingerprint density at radius 1 is 1.19 bits per heavy atom. The smallest absolute Gasteiger partial charge is 0.358 e. The summed E-state index contributed by atoms with van der Waals surface area (Å²) in [7, 11) is 1.30. The summed E-state index contributed by atoms with van der Waals surface area (Å²) in [5.74, 6) is 0.756. The molecule has 0 aliphatic carbocycles. The highest BCUT2D eigenvalue weighted by atomic mass is 16.5. The van der Waals surface area contributed by atoms with Crippen molar-refractivity contribution in [3.8, 4) is 5.75 Å². The highest BCUT2D eigenvalue weighted by Gasteiger charge is 2.07. The van der Waals surface area contributed by atoms with Crippen molar-refractivity contribution in [2.45, 2.75) is 0 Å². The fraction of sp³-hybridized carbons (Fsp3) is 0.214. The molecule has 0 saturated carbocycles. The lowest BCUT2D eigenvalue weighted by Crippen LogP contribution is -2.10. The molecule has 7 heteroatoms. The minimum absolute atomic E-state index is 0.161. The van der Waals surface area contributed by atoms with E-state index in [4.69, 9.17) is 10.5 Å². The minimum atomic E-state index is -0.518. The number of benzene rings is 1. The zero-order chi connectivity index (χ0) is 15.1. The summed E-state index contributed by atoms with van der Waals surface area (Å²) in [6.07, 6.45) is 0. The standard InChI is InChI=1S/C14H16N4O3/c1-20-14(19)12-6-7-13(18-17-12)16-10-2-4-11(5-3-10)21-9-8-15/h2-7H,8-9,15H2,1H3,(H,16,18). The molecule has 0 unspecified atom stereocenters. The van der Waals surface area contributed by atoms with Crippen LogP contribution in [0.25, 0.3) is 0 Å². The van der Waals surface area contributed by atoms with Crippen LogP contribution in [-0.2, 0) is 4.74 Å². The molecule has 110 valence electrons. The molecule has 0 spiro atoms. The summed E-state index contributed by atoms with van der Waals surface area (Å²) < 4.78 is 9.94. The van der Waals surface area contributed by atoms with E-state index in [1.807, 2.05) is 24.3 Å². The predicted octanol–water partition coefficient (Wildman–Crippen LogP) is 1.34. The number of carbonyl (C=O) groups is 1. The number of esters is 1. The number of anilines is 2. The summed E-state index contributed by atoms with van der Waals surface area (Å²) in [4.78, 5) is 11.2. The van der Waals surface area contributed by atoms with Gasteiger partial charge in [0.05, 0.1) is 7.11 Å². The molecule has 1 aromatic heterocycles. The van der Waals surface area contributed by atoms with E-state index in [0.717, 1.165) is 11.4 Å². The predicted molar refractivity (Wildman–Crippen MR) is 77.6 cm³/mol. The molecule has 0 fully saturated rings. The van der Waals surface area contributed by atoms with E-state index in [2.05, 4.69) is 20.3 Å². The zero-order valence-electron chi connectivity index (χ0n) is 11.6. The van der Waals surface area contributed by atoms with Gasteiger partial charge in [-0.3, -0.25) is 0 Å². The molecule has 3 N–H and O–H groups in total. The van der Waals surface area contributed by atoms with Crippen molar-refractivity contribution in [1.82, 2.24) is 10.2 Å². The van der Waals surface area contributed by atoms with E-state index >= 15 is 0 Å². The lowest BCUT2D eigenvalue weighted by molar-refractivity contribution is 0.0593. The van der Waals surface area contributed by atoms with Crippen molar-refractivity contribution in [1.29, 1.82) is 0 Å². The Morgan fingerprint density at radius 3 is 2.52 bits per heavy atom. The molecule has 2 rings (SSSR count). The molecule has 0 saturated heterocycles. The van der Waals surface area contributed by atoms with Gasteiger partial charge in [-0.25, -0.2) is 4.79 Å². The van der Waals surface area contributed by atoms with Crippen molar-refractivity contribution in [2.24, 2.45) is 5.73 Å². The number of nitrogens with one attached hydrogen (secondary N) is 1. The Hall–Kier alpha value is -2.67. The van der Waals surface area contributed by atoms with Crippen LogP contribution in [0, 0.1) is 0 Å². The summed E-state index contributed by atoms with van der Waals surface area (Å²) in [6.45, 7) is 0.954. The molecule has 0 aliphatic rings. The van der Waals surface area contributed by atoms with Crippen LogP contribution in [0.5, 0.6) is 5.75 Å². The highest BCUT2D eigenvalue weighted by Crippen LogP contribution is 2.18. The molecule has 21 heavy (non-hydrogen) atoms. The van der Waals surface area contributed by atoms with E-state index in [9.17, 15) is 4.79 Å². The van der Waals surface area contributed by atoms with E-state index < -0.39 is 5.97 Å². The number of methoxy groups -OCH3 is 1. The minimum Gasteiger partial charge on any atom is -0.492 e. The second-order valence-corrected chi connectivity index (χ2v) is 4.08. The van der Waals surface area contributed by atoms with Gasteiger partial charge >= 0.3 is 5.97 Å². The lowest BCUT2D eigenvalue weighted by Gasteiger charge is -2.07. The zero-order valence-corrected chi connectivity index (χ0v) is 11.6. The molecule has 2 aromatic rings. The molecular weight excluding hydrogens is 272 g/mol. The monoisotopic (exact) mass is 288 g/mol. The summed E-state index contributed by atoms with van der Waals surface area (Å²) in [5.41, 5.74) is 6.36. The summed E-state index contributed by atoms with van der Waals surface area (Å²) in [5, 5.41) is 10.7. The van der Waals surface area contributed by atoms with Gasteiger partial charge in [0.1, 0.15) is 12.4 Å². The van der Waals surface area contributed by atoms with Gasteiger partial charge in [0.15, 0.2) is 11.5 Å². The fourth-order valence-corrected chi connectivity index (χ4v) is 1.57. The van der Waals surface area contributed by atoms with Gasteiger partial charge < -0.3 is 20.5 Å². The first kappa shape index (κ1) is 14.7. The summed E-state index contributed by atoms with van der Waals surface area (Å²) in [6, 6.07) is 10.5. The number of hydrogen-bond donors (Lipinski definition) is 2. The van der Waals surface area contributed by atoms with Crippen molar-refractivity contribution in [3.63, 3.8) is 0 Å². The number of ether oxygens (including phenoxy) is 2. The Labute approximate surface area is 122 Å². The van der Waals surface area contributed by atoms with Crippen LogP contribution in [0.3, 0.4) is 0 Å². The average molecular weight is 288 g/mol. The molecule has 0 amide bonds. The normalized spacial score (nSPS) is 10.0. The van der Waals surface area contributed by atoms with Crippen LogP contribution in [-0.4, -0.2) is 36.4 Å². The van der Waals surface area contributed by atoms with Gasteiger partial charge in [-0.1, -0.05) is 0 Å². The van der Waals surface area contributed by atoms with Crippen LogP contribution >= 0.6 is 0 Å². The molecule has 7 nitrogen and oxygen atoms in total. The largest absolute Gasteiger partial charge is 0.492 e. The van der Waals surface area contributed by atoms with Gasteiger partial charge in [0.2, 0.25) is 0 Å². The molecule has 0 atom stereocenters. The number of hydrogen-bond acceptors (Lipinski definition) is 7. The fourth-order valence-electron chi connectivity index (χ4n) is 1.57. The second kappa shape index (κ2) is 7.20. The third-order valence-corrected chi connectivity index (χ3v) is 2.57. The molecule has 0 radical (unpaired) electrons. The topological polar surface area (TPSA) is 99.4 Å². The number of carbonyl (C=O) groups excluding carboxylic acids is 1. The number of aromatic nitrogens is 2. The van der Waals surface area contributed by atoms with Crippen LogP contribution in [0.4, 0.5) is 11.5 Å². The van der Waals surface area contributed by atoms with Crippen molar-refractivity contribution >= 4 is 17.5 Å². The molecule has 1 heterocycles. The molecular formula is C14H16N4O3. The van der Waals surface area contributed by atoms with E-state index in [1.54, 1.807) is 12.1 Å². The number of rotatable bonds is 6. The van der Waals surface area contributed by atoms with E-state index in [0.29, 0.717) is 19.0 Å². The van der Waals surface area contributed by atoms with Gasteiger partial charge in [-0.15, -0.1) is 10.2 Å². The third kappa shape index (κ3) is 4.15. The maximum absolute atomic E-state index is 11.2. The van der Waals surface area contributed by atoms with E-state index in [1.165, 1.54) is 7.11 Å². The second-order valence-electron chi connectivity index (χ2n) is 4.08. The van der Waals surface area contributed by atoms with Crippen molar-refractivity contribution in [2.75, 3.05) is 25.6 Å². The number of nitrogens with two attached hydrogens (primary N) is 1. The van der Waals surface area contributed by atoms with Crippen molar-refractivity contribution in [3.05, 3.63) is 42.1 Å². The Balaban J connectivity index is 1.99. The number of nitrogens with zero attached hydrogens (tertiary/aromatic N) is 2.